The summed E-state index contributed by atoms with van der Waals surface area (Å²) in [4.78, 5) is 22.8. The summed E-state index contributed by atoms with van der Waals surface area (Å²) in [6.45, 7) is 0.522. The van der Waals surface area contributed by atoms with E-state index in [0.29, 0.717) is 30.4 Å². The Kier molecular flexibility index (Phi) is 7.79. The maximum Gasteiger partial charge on any atom is 0.411 e. The molecule has 1 amide bonds. The zero-order chi connectivity index (χ0) is 21.3. The number of rotatable bonds is 8. The molecule has 0 bridgehead atoms. The zero-order valence-corrected chi connectivity index (χ0v) is 16.7. The number of nitrogens with one attached hydrogen (secondary N) is 1. The summed E-state index contributed by atoms with van der Waals surface area (Å²) < 4.78 is 24.1. The largest absolute Gasteiger partial charge is 0.480 e. The molecule has 1 fully saturated rings. The van der Waals surface area contributed by atoms with Crippen molar-refractivity contribution in [3.8, 4) is 11.1 Å². The van der Waals surface area contributed by atoms with Crippen molar-refractivity contribution in [1.29, 1.82) is 0 Å². The highest BCUT2D eigenvalue weighted by atomic mass is 19.1. The Balaban J connectivity index is 1.46. The number of hydrogen-bond donors (Lipinski definition) is 2. The van der Waals surface area contributed by atoms with Gasteiger partial charge >= 0.3 is 12.1 Å². The Labute approximate surface area is 175 Å². The highest BCUT2D eigenvalue weighted by Gasteiger charge is 2.23. The second-order valence-electron chi connectivity index (χ2n) is 7.58. The Morgan fingerprint density at radius 3 is 2.40 bits per heavy atom. The topological polar surface area (TPSA) is 84.9 Å². The van der Waals surface area contributed by atoms with Crippen LogP contribution in [0.25, 0.3) is 11.1 Å². The first-order valence-corrected chi connectivity index (χ1v) is 10.1. The van der Waals surface area contributed by atoms with Gasteiger partial charge in [0.25, 0.3) is 0 Å². The molecule has 0 heterocycles. The molecule has 30 heavy (non-hydrogen) atoms. The molecule has 2 aromatic rings. The lowest BCUT2D eigenvalue weighted by molar-refractivity contribution is -0.142. The van der Waals surface area contributed by atoms with Crippen molar-refractivity contribution in [2.24, 2.45) is 11.8 Å². The number of para-hydroxylation sites is 1. The van der Waals surface area contributed by atoms with Crippen LogP contribution < -0.4 is 5.32 Å². The van der Waals surface area contributed by atoms with Crippen LogP contribution in [-0.4, -0.2) is 37.0 Å². The lowest BCUT2D eigenvalue weighted by Crippen LogP contribution is -2.25. The van der Waals surface area contributed by atoms with Gasteiger partial charge in [-0.05, 0) is 61.3 Å². The second kappa shape index (κ2) is 10.7. The van der Waals surface area contributed by atoms with Gasteiger partial charge in [0.15, 0.2) is 0 Å². The molecule has 0 radical (unpaired) electrons. The van der Waals surface area contributed by atoms with Crippen LogP contribution in [0.2, 0.25) is 0 Å². The quantitative estimate of drug-likeness (QED) is 0.637. The van der Waals surface area contributed by atoms with Crippen LogP contribution in [0.15, 0.2) is 48.5 Å². The Morgan fingerprint density at radius 2 is 1.70 bits per heavy atom. The van der Waals surface area contributed by atoms with Gasteiger partial charge in [-0.15, -0.1) is 0 Å². The minimum Gasteiger partial charge on any atom is -0.480 e. The van der Waals surface area contributed by atoms with Crippen LogP contribution in [0.5, 0.6) is 0 Å². The number of ether oxygens (including phenoxy) is 2. The number of benzene rings is 2. The first-order chi connectivity index (χ1) is 14.5. The molecule has 7 heteroatoms. The number of aliphatic carboxylic acids is 1. The van der Waals surface area contributed by atoms with Crippen molar-refractivity contribution in [1.82, 2.24) is 0 Å². The lowest BCUT2D eigenvalue weighted by atomic mass is 9.83. The van der Waals surface area contributed by atoms with Crippen molar-refractivity contribution >= 4 is 17.7 Å². The van der Waals surface area contributed by atoms with Crippen molar-refractivity contribution in [3.05, 3.63) is 54.3 Å². The number of carbonyl (C=O) groups is 2. The molecule has 0 unspecified atom stereocenters. The number of hydrogen-bond acceptors (Lipinski definition) is 4. The van der Waals surface area contributed by atoms with E-state index in [1.165, 1.54) is 12.1 Å². The lowest BCUT2D eigenvalue weighted by Gasteiger charge is -2.27. The van der Waals surface area contributed by atoms with E-state index in [1.54, 1.807) is 24.3 Å². The summed E-state index contributed by atoms with van der Waals surface area (Å²) in [5.41, 5.74) is 1.96. The SMILES string of the molecule is O=C(O)COC[C@H]1CC[C@H](COC(=O)Nc2ccccc2-c2cccc(F)c2)CC1. The monoisotopic (exact) mass is 415 g/mol. The van der Waals surface area contributed by atoms with E-state index >= 15 is 0 Å². The average molecular weight is 415 g/mol. The molecular formula is C23H26FNO5. The molecule has 3 rings (SSSR count). The molecule has 0 saturated heterocycles. The first kappa shape index (κ1) is 21.8. The molecule has 2 aromatic carbocycles. The minimum absolute atomic E-state index is 0.264. The number of carbonyl (C=O) groups excluding carboxylic acids is 1. The maximum atomic E-state index is 13.6. The predicted molar refractivity (Wildman–Crippen MR) is 111 cm³/mol. The third-order valence-corrected chi connectivity index (χ3v) is 5.29. The maximum absolute atomic E-state index is 13.6. The minimum atomic E-state index is -0.956. The third kappa shape index (κ3) is 6.56. The van der Waals surface area contributed by atoms with Crippen LogP contribution >= 0.6 is 0 Å². The smallest absolute Gasteiger partial charge is 0.411 e. The van der Waals surface area contributed by atoms with Crippen molar-refractivity contribution in [2.75, 3.05) is 25.1 Å². The molecule has 1 aliphatic carbocycles. The van der Waals surface area contributed by atoms with E-state index in [1.807, 2.05) is 12.1 Å². The van der Waals surface area contributed by atoms with Gasteiger partial charge in [-0.1, -0.05) is 30.3 Å². The third-order valence-electron chi connectivity index (χ3n) is 5.29. The molecule has 1 saturated carbocycles. The standard InChI is InChI=1S/C23H26FNO5/c24-19-5-3-4-18(12-19)20-6-1-2-7-21(20)25-23(28)30-14-17-10-8-16(9-11-17)13-29-15-22(26)27/h1-7,12,16-17H,8-11,13-15H2,(H,25,28)(H,26,27)/t16-,17-. The summed E-state index contributed by atoms with van der Waals surface area (Å²) in [6, 6.07) is 13.4. The molecule has 0 spiro atoms. The van der Waals surface area contributed by atoms with Gasteiger partial charge < -0.3 is 14.6 Å². The van der Waals surface area contributed by atoms with E-state index in [-0.39, 0.29) is 18.3 Å². The Morgan fingerprint density at radius 1 is 1.00 bits per heavy atom. The fourth-order valence-corrected chi connectivity index (χ4v) is 3.72. The van der Waals surface area contributed by atoms with Gasteiger partial charge in [-0.25, -0.2) is 14.0 Å². The van der Waals surface area contributed by atoms with Gasteiger partial charge in [0.2, 0.25) is 0 Å². The molecule has 2 N–H and O–H groups in total. The van der Waals surface area contributed by atoms with Crippen LogP contribution in [0.3, 0.4) is 0 Å². The van der Waals surface area contributed by atoms with Gasteiger partial charge in [-0.2, -0.15) is 0 Å². The van der Waals surface area contributed by atoms with E-state index in [0.717, 1.165) is 31.2 Å². The molecule has 0 aromatic heterocycles. The summed E-state index contributed by atoms with van der Waals surface area (Å²) in [5, 5.41) is 11.4. The van der Waals surface area contributed by atoms with Crippen molar-refractivity contribution in [2.45, 2.75) is 25.7 Å². The predicted octanol–water partition coefficient (Wildman–Crippen LogP) is 4.95. The molecule has 0 aliphatic heterocycles. The number of halogens is 1. The summed E-state index contributed by atoms with van der Waals surface area (Å²) in [5.74, 6) is -0.659. The number of amides is 1. The number of anilines is 1. The van der Waals surface area contributed by atoms with Crippen LogP contribution in [-0.2, 0) is 14.3 Å². The highest BCUT2D eigenvalue weighted by molar-refractivity contribution is 5.91. The van der Waals surface area contributed by atoms with Crippen LogP contribution in [0.1, 0.15) is 25.7 Å². The van der Waals surface area contributed by atoms with Crippen molar-refractivity contribution in [3.63, 3.8) is 0 Å². The zero-order valence-electron chi connectivity index (χ0n) is 16.7. The molecular weight excluding hydrogens is 389 g/mol. The van der Waals surface area contributed by atoms with Gasteiger partial charge in [0.1, 0.15) is 12.4 Å². The Bertz CT molecular complexity index is 864. The normalized spacial score (nSPS) is 18.6. The van der Waals surface area contributed by atoms with E-state index < -0.39 is 12.1 Å². The van der Waals surface area contributed by atoms with Gasteiger partial charge in [0, 0.05) is 5.56 Å². The summed E-state index contributed by atoms with van der Waals surface area (Å²) >= 11 is 0. The Hall–Kier alpha value is -2.93. The highest BCUT2D eigenvalue weighted by Crippen LogP contribution is 2.30. The van der Waals surface area contributed by atoms with Crippen LogP contribution in [0.4, 0.5) is 14.9 Å². The van der Waals surface area contributed by atoms with Crippen molar-refractivity contribution < 1.29 is 28.6 Å². The van der Waals surface area contributed by atoms with Gasteiger partial charge in [0.05, 0.1) is 18.9 Å². The summed E-state index contributed by atoms with van der Waals surface area (Å²) in [6.07, 6.45) is 3.14. The molecule has 6 nitrogen and oxygen atoms in total. The van der Waals surface area contributed by atoms with Gasteiger partial charge in [-0.3, -0.25) is 5.32 Å². The van der Waals surface area contributed by atoms with E-state index in [2.05, 4.69) is 5.32 Å². The number of carboxylic acids is 1. The first-order valence-electron chi connectivity index (χ1n) is 10.1. The fraction of sp³-hybridized carbons (Fsp3) is 0.391. The summed E-state index contributed by atoms with van der Waals surface area (Å²) in [7, 11) is 0. The fourth-order valence-electron chi connectivity index (χ4n) is 3.72. The molecule has 0 atom stereocenters. The second-order valence-corrected chi connectivity index (χ2v) is 7.58. The van der Waals surface area contributed by atoms with E-state index in [4.69, 9.17) is 14.6 Å². The van der Waals surface area contributed by atoms with Crippen LogP contribution in [0, 0.1) is 17.7 Å². The molecule has 160 valence electrons. The van der Waals surface area contributed by atoms with E-state index in [9.17, 15) is 14.0 Å². The molecule has 1 aliphatic rings. The average Bonchev–Trinajstić information content (AvgIpc) is 2.73. The number of carboxylic acid groups (broad SMARTS) is 1.